The van der Waals surface area contributed by atoms with E-state index in [-0.39, 0.29) is 0 Å². The van der Waals surface area contributed by atoms with Crippen LogP contribution in [0.3, 0.4) is 0 Å². The SMILES string of the molecule is c1ccc(-c2cc(-c3cccc(-c4nc(-c5cccc(-c6ccccc6-c6ccccc6)c5)nc(-c5ccc6ccccc6c5)n4)c3)c3ccccc3c2)cc1. The molecule has 0 aliphatic carbocycles. The fourth-order valence-electron chi connectivity index (χ4n) is 7.69. The van der Waals surface area contributed by atoms with E-state index in [2.05, 4.69) is 212 Å². The first-order chi connectivity index (χ1) is 27.7. The zero-order valence-electron chi connectivity index (χ0n) is 30.5. The Balaban J connectivity index is 1.13. The van der Waals surface area contributed by atoms with Gasteiger partial charge in [-0.3, -0.25) is 0 Å². The Morgan fingerprint density at radius 3 is 1.32 bits per heavy atom. The normalized spacial score (nSPS) is 11.2. The van der Waals surface area contributed by atoms with Crippen LogP contribution in [0.1, 0.15) is 0 Å². The van der Waals surface area contributed by atoms with Crippen molar-refractivity contribution in [3.8, 4) is 78.7 Å². The third kappa shape index (κ3) is 6.42. The molecule has 0 radical (unpaired) electrons. The van der Waals surface area contributed by atoms with Crippen molar-refractivity contribution < 1.29 is 0 Å². The van der Waals surface area contributed by atoms with Crippen LogP contribution in [0.5, 0.6) is 0 Å². The Bertz CT molecular complexity index is 3020. The lowest BCUT2D eigenvalue weighted by Crippen LogP contribution is -2.00. The summed E-state index contributed by atoms with van der Waals surface area (Å²) in [6, 6.07) is 74.8. The first-order valence-electron chi connectivity index (χ1n) is 18.9. The standard InChI is InChI=1S/C53H35N3/c1-3-15-36(16-4-1)46-34-40-21-9-10-28-49(40)50(35-46)42-23-14-25-44(33-42)52-54-51(55-53(56-52)45-30-29-37-17-7-8-20-39(37)31-45)43-24-13-22-41(32-43)48-27-12-11-26-47(48)38-18-5-2-6-19-38/h1-35H. The maximum Gasteiger partial charge on any atom is 0.164 e. The molecule has 56 heavy (non-hydrogen) atoms. The van der Waals surface area contributed by atoms with E-state index >= 15 is 0 Å². The maximum absolute atomic E-state index is 5.22. The van der Waals surface area contributed by atoms with Gasteiger partial charge in [-0.15, -0.1) is 0 Å². The van der Waals surface area contributed by atoms with Gasteiger partial charge < -0.3 is 0 Å². The van der Waals surface area contributed by atoms with Gasteiger partial charge in [-0.2, -0.15) is 0 Å². The molecule has 3 heteroatoms. The zero-order valence-corrected chi connectivity index (χ0v) is 30.5. The van der Waals surface area contributed by atoms with Crippen LogP contribution < -0.4 is 0 Å². The van der Waals surface area contributed by atoms with E-state index in [1.807, 2.05) is 0 Å². The third-order valence-electron chi connectivity index (χ3n) is 10.5. The minimum atomic E-state index is 0.624. The van der Waals surface area contributed by atoms with Crippen molar-refractivity contribution in [1.82, 2.24) is 15.0 Å². The Hall–Kier alpha value is -7.49. The molecule has 0 bridgehead atoms. The van der Waals surface area contributed by atoms with Crippen molar-refractivity contribution in [3.05, 3.63) is 212 Å². The van der Waals surface area contributed by atoms with Crippen LogP contribution in [0.15, 0.2) is 212 Å². The first kappa shape index (κ1) is 33.1. The van der Waals surface area contributed by atoms with E-state index in [1.54, 1.807) is 0 Å². The lowest BCUT2D eigenvalue weighted by molar-refractivity contribution is 1.07. The number of fused-ring (bicyclic) bond motifs is 2. The summed E-state index contributed by atoms with van der Waals surface area (Å²) in [6.45, 7) is 0. The molecule has 0 saturated heterocycles. The summed E-state index contributed by atoms with van der Waals surface area (Å²) in [5.74, 6) is 1.88. The predicted molar refractivity (Wildman–Crippen MR) is 233 cm³/mol. The van der Waals surface area contributed by atoms with Crippen LogP contribution in [-0.4, -0.2) is 15.0 Å². The van der Waals surface area contributed by atoms with Crippen molar-refractivity contribution >= 4 is 21.5 Å². The molecule has 0 N–H and O–H groups in total. The minimum absolute atomic E-state index is 0.624. The van der Waals surface area contributed by atoms with Gasteiger partial charge in [0.1, 0.15) is 0 Å². The largest absolute Gasteiger partial charge is 0.208 e. The molecule has 262 valence electrons. The molecule has 0 aliphatic rings. The van der Waals surface area contributed by atoms with Crippen molar-refractivity contribution in [2.45, 2.75) is 0 Å². The van der Waals surface area contributed by atoms with Crippen LogP contribution in [0, 0.1) is 0 Å². The number of hydrogen-bond donors (Lipinski definition) is 0. The minimum Gasteiger partial charge on any atom is -0.208 e. The molecule has 1 aromatic heterocycles. The molecule has 0 atom stereocenters. The van der Waals surface area contributed by atoms with Crippen molar-refractivity contribution in [2.75, 3.05) is 0 Å². The number of rotatable bonds is 7. The average Bonchev–Trinajstić information content (AvgIpc) is 3.29. The van der Waals surface area contributed by atoms with Gasteiger partial charge in [0.2, 0.25) is 0 Å². The second kappa shape index (κ2) is 14.4. The van der Waals surface area contributed by atoms with Gasteiger partial charge in [-0.05, 0) is 96.4 Å². The van der Waals surface area contributed by atoms with Gasteiger partial charge >= 0.3 is 0 Å². The van der Waals surface area contributed by atoms with Crippen molar-refractivity contribution in [1.29, 1.82) is 0 Å². The van der Waals surface area contributed by atoms with E-state index in [1.165, 1.54) is 38.4 Å². The molecule has 10 rings (SSSR count). The topological polar surface area (TPSA) is 38.7 Å². The molecule has 1 heterocycles. The summed E-state index contributed by atoms with van der Waals surface area (Å²) in [7, 11) is 0. The molecule has 0 amide bonds. The summed E-state index contributed by atoms with van der Waals surface area (Å²) in [6.07, 6.45) is 0. The quantitative estimate of drug-likeness (QED) is 0.165. The molecular weight excluding hydrogens is 679 g/mol. The predicted octanol–water partition coefficient (Wildman–Crippen LogP) is 13.8. The molecule has 3 nitrogen and oxygen atoms in total. The van der Waals surface area contributed by atoms with Crippen LogP contribution in [0.25, 0.3) is 100 Å². The summed E-state index contributed by atoms with van der Waals surface area (Å²) in [4.78, 5) is 15.6. The van der Waals surface area contributed by atoms with Gasteiger partial charge in [0.05, 0.1) is 0 Å². The van der Waals surface area contributed by atoms with Gasteiger partial charge in [0.15, 0.2) is 17.5 Å². The Morgan fingerprint density at radius 2 is 0.661 bits per heavy atom. The van der Waals surface area contributed by atoms with Crippen LogP contribution in [0.4, 0.5) is 0 Å². The molecule has 9 aromatic carbocycles. The molecular formula is C53H35N3. The number of aromatic nitrogens is 3. The van der Waals surface area contributed by atoms with Crippen LogP contribution >= 0.6 is 0 Å². The number of hydrogen-bond acceptors (Lipinski definition) is 3. The lowest BCUT2D eigenvalue weighted by Gasteiger charge is -2.14. The molecule has 0 spiro atoms. The van der Waals surface area contributed by atoms with E-state index in [0.717, 1.165) is 44.3 Å². The number of nitrogens with zero attached hydrogens (tertiary/aromatic N) is 3. The second-order valence-corrected chi connectivity index (χ2v) is 14.1. The van der Waals surface area contributed by atoms with E-state index in [9.17, 15) is 0 Å². The Labute approximate surface area is 326 Å². The van der Waals surface area contributed by atoms with E-state index < -0.39 is 0 Å². The van der Waals surface area contributed by atoms with Crippen molar-refractivity contribution in [3.63, 3.8) is 0 Å². The highest BCUT2D eigenvalue weighted by atomic mass is 15.0. The molecule has 0 saturated carbocycles. The molecule has 10 aromatic rings. The van der Waals surface area contributed by atoms with Gasteiger partial charge in [0, 0.05) is 16.7 Å². The fraction of sp³-hybridized carbons (Fsp3) is 0. The van der Waals surface area contributed by atoms with Gasteiger partial charge in [0.25, 0.3) is 0 Å². The fourth-order valence-corrected chi connectivity index (χ4v) is 7.69. The summed E-state index contributed by atoms with van der Waals surface area (Å²) in [5, 5.41) is 4.71. The zero-order chi connectivity index (χ0) is 37.3. The first-order valence-corrected chi connectivity index (χ1v) is 18.9. The summed E-state index contributed by atoms with van der Waals surface area (Å²) >= 11 is 0. The highest BCUT2D eigenvalue weighted by Crippen LogP contribution is 2.37. The summed E-state index contributed by atoms with van der Waals surface area (Å²) in [5.41, 5.74) is 12.0. The highest BCUT2D eigenvalue weighted by Gasteiger charge is 2.16. The van der Waals surface area contributed by atoms with E-state index in [4.69, 9.17) is 15.0 Å². The third-order valence-corrected chi connectivity index (χ3v) is 10.5. The van der Waals surface area contributed by atoms with Crippen molar-refractivity contribution in [2.24, 2.45) is 0 Å². The van der Waals surface area contributed by atoms with Gasteiger partial charge in [-0.25, -0.2) is 15.0 Å². The molecule has 0 aliphatic heterocycles. The maximum atomic E-state index is 5.22. The van der Waals surface area contributed by atoms with Crippen LogP contribution in [0.2, 0.25) is 0 Å². The number of benzene rings is 9. The summed E-state index contributed by atoms with van der Waals surface area (Å²) < 4.78 is 0. The van der Waals surface area contributed by atoms with Gasteiger partial charge in [-0.1, -0.05) is 182 Å². The average molecular weight is 714 g/mol. The molecule has 0 fully saturated rings. The second-order valence-electron chi connectivity index (χ2n) is 14.1. The Morgan fingerprint density at radius 1 is 0.214 bits per heavy atom. The monoisotopic (exact) mass is 713 g/mol. The smallest absolute Gasteiger partial charge is 0.164 e. The lowest BCUT2D eigenvalue weighted by atomic mass is 9.92. The van der Waals surface area contributed by atoms with Crippen LogP contribution in [-0.2, 0) is 0 Å². The Kier molecular flexibility index (Phi) is 8.51. The highest BCUT2D eigenvalue weighted by molar-refractivity contribution is 6.00. The van der Waals surface area contributed by atoms with E-state index in [0.29, 0.717) is 17.5 Å². The molecule has 0 unspecified atom stereocenters.